The van der Waals surface area contributed by atoms with Gasteiger partial charge in [0, 0.05) is 49.0 Å². The van der Waals surface area contributed by atoms with Crippen LogP contribution in [-0.2, 0) is 26.2 Å². The zero-order chi connectivity index (χ0) is 19.7. The van der Waals surface area contributed by atoms with Crippen LogP contribution >= 0.6 is 0 Å². The van der Waals surface area contributed by atoms with Crippen molar-refractivity contribution >= 4 is 0 Å². The van der Waals surface area contributed by atoms with Crippen molar-refractivity contribution in [2.75, 3.05) is 0 Å². The number of benzene rings is 2. The first-order chi connectivity index (χ1) is 14.4. The van der Waals surface area contributed by atoms with Gasteiger partial charge in [-0.3, -0.25) is 9.67 Å². The first-order valence-corrected chi connectivity index (χ1v) is 9.72. The molecule has 2 aromatic heterocycles. The van der Waals surface area contributed by atoms with Crippen LogP contribution in [0.1, 0.15) is 22.3 Å². The van der Waals surface area contributed by atoms with Crippen LogP contribution in [0.25, 0.3) is 0 Å². The van der Waals surface area contributed by atoms with Crippen LogP contribution in [-0.4, -0.2) is 14.8 Å². The molecule has 2 aromatic carbocycles. The standard InChI is InChI=1S/C24H24N4O/c1-2-7-24(29-19-22-5-3-12-25-16-22)23(6-1)17-26-15-20-8-10-21(11-9-20)18-28-14-4-13-27-28/h1-14,16,26H,15,17-19H2. The molecule has 2 heterocycles. The Hall–Kier alpha value is -3.44. The molecule has 4 aromatic rings. The topological polar surface area (TPSA) is 52.0 Å². The van der Waals surface area contributed by atoms with Gasteiger partial charge in [-0.05, 0) is 29.3 Å². The van der Waals surface area contributed by atoms with Crippen molar-refractivity contribution in [2.45, 2.75) is 26.2 Å². The lowest BCUT2D eigenvalue weighted by Gasteiger charge is -2.12. The van der Waals surface area contributed by atoms with E-state index in [9.17, 15) is 0 Å². The van der Waals surface area contributed by atoms with E-state index in [0.29, 0.717) is 6.61 Å². The number of hydrogen-bond acceptors (Lipinski definition) is 4. The van der Waals surface area contributed by atoms with Crippen LogP contribution in [0.5, 0.6) is 5.75 Å². The molecule has 146 valence electrons. The molecule has 0 aliphatic rings. The minimum absolute atomic E-state index is 0.516. The second-order valence-electron chi connectivity index (χ2n) is 6.88. The third kappa shape index (κ3) is 5.53. The lowest BCUT2D eigenvalue weighted by molar-refractivity contribution is 0.301. The average Bonchev–Trinajstić information content (AvgIpc) is 3.28. The third-order valence-corrected chi connectivity index (χ3v) is 4.66. The number of nitrogens with one attached hydrogen (secondary N) is 1. The van der Waals surface area contributed by atoms with Gasteiger partial charge < -0.3 is 10.1 Å². The third-order valence-electron chi connectivity index (χ3n) is 4.66. The van der Waals surface area contributed by atoms with Crippen molar-refractivity contribution in [3.05, 3.63) is 114 Å². The average molecular weight is 384 g/mol. The van der Waals surface area contributed by atoms with Crippen molar-refractivity contribution in [2.24, 2.45) is 0 Å². The fourth-order valence-electron chi connectivity index (χ4n) is 3.12. The van der Waals surface area contributed by atoms with Crippen molar-refractivity contribution < 1.29 is 4.74 Å². The molecule has 5 nitrogen and oxygen atoms in total. The molecule has 1 N–H and O–H groups in total. The number of nitrogens with zero attached hydrogens (tertiary/aromatic N) is 3. The molecule has 0 unspecified atom stereocenters. The lowest BCUT2D eigenvalue weighted by Crippen LogP contribution is -2.13. The molecule has 0 spiro atoms. The van der Waals surface area contributed by atoms with Gasteiger partial charge in [0.05, 0.1) is 6.54 Å². The van der Waals surface area contributed by atoms with Crippen LogP contribution < -0.4 is 10.1 Å². The summed E-state index contributed by atoms with van der Waals surface area (Å²) in [5.74, 6) is 0.901. The summed E-state index contributed by atoms with van der Waals surface area (Å²) in [6, 6.07) is 22.7. The van der Waals surface area contributed by atoms with Crippen LogP contribution in [0.2, 0.25) is 0 Å². The molecule has 4 rings (SSSR count). The van der Waals surface area contributed by atoms with E-state index >= 15 is 0 Å². The summed E-state index contributed by atoms with van der Waals surface area (Å²) in [5, 5.41) is 7.76. The second kappa shape index (κ2) is 9.66. The van der Waals surface area contributed by atoms with E-state index < -0.39 is 0 Å². The van der Waals surface area contributed by atoms with Gasteiger partial charge in [-0.2, -0.15) is 5.10 Å². The van der Waals surface area contributed by atoms with E-state index in [2.05, 4.69) is 45.7 Å². The quantitative estimate of drug-likeness (QED) is 0.470. The molecular formula is C24H24N4O. The van der Waals surface area contributed by atoms with E-state index in [1.54, 1.807) is 12.4 Å². The molecule has 29 heavy (non-hydrogen) atoms. The SMILES string of the molecule is c1cncc(COc2ccccc2CNCc2ccc(Cn3cccn3)cc2)c1. The Balaban J connectivity index is 1.29. The number of hydrogen-bond donors (Lipinski definition) is 1. The Labute approximate surface area is 171 Å². The minimum atomic E-state index is 0.516. The normalized spacial score (nSPS) is 10.8. The maximum atomic E-state index is 6.00. The van der Waals surface area contributed by atoms with Gasteiger partial charge >= 0.3 is 0 Å². The fourth-order valence-corrected chi connectivity index (χ4v) is 3.12. The van der Waals surface area contributed by atoms with Crippen LogP contribution in [0.15, 0.2) is 91.5 Å². The number of pyridine rings is 1. The van der Waals surface area contributed by atoms with Gasteiger partial charge in [0.25, 0.3) is 0 Å². The van der Waals surface area contributed by atoms with Gasteiger partial charge in [0.15, 0.2) is 0 Å². The molecule has 0 radical (unpaired) electrons. The highest BCUT2D eigenvalue weighted by atomic mass is 16.5. The summed E-state index contributed by atoms with van der Waals surface area (Å²) in [4.78, 5) is 4.13. The van der Waals surface area contributed by atoms with E-state index in [1.807, 2.05) is 53.5 Å². The highest BCUT2D eigenvalue weighted by Gasteiger charge is 2.04. The van der Waals surface area contributed by atoms with Gasteiger partial charge in [-0.25, -0.2) is 0 Å². The molecule has 0 bridgehead atoms. The van der Waals surface area contributed by atoms with E-state index in [1.165, 1.54) is 11.1 Å². The first kappa shape index (κ1) is 18.9. The number of para-hydroxylation sites is 1. The molecule has 0 saturated carbocycles. The second-order valence-corrected chi connectivity index (χ2v) is 6.88. The smallest absolute Gasteiger partial charge is 0.124 e. The maximum Gasteiger partial charge on any atom is 0.124 e. The predicted molar refractivity (Wildman–Crippen MR) is 113 cm³/mol. The molecule has 0 amide bonds. The summed E-state index contributed by atoms with van der Waals surface area (Å²) >= 11 is 0. The van der Waals surface area contributed by atoms with E-state index in [4.69, 9.17) is 4.74 Å². The number of ether oxygens (including phenoxy) is 1. The highest BCUT2D eigenvalue weighted by molar-refractivity contribution is 5.33. The zero-order valence-corrected chi connectivity index (χ0v) is 16.2. The molecule has 0 aliphatic carbocycles. The molecule has 0 fully saturated rings. The predicted octanol–water partition coefficient (Wildman–Crippen LogP) is 4.20. The molecule has 0 aliphatic heterocycles. The molecule has 5 heteroatoms. The Morgan fingerprint density at radius 3 is 2.45 bits per heavy atom. The van der Waals surface area contributed by atoms with Gasteiger partial charge in [-0.1, -0.05) is 48.5 Å². The van der Waals surface area contributed by atoms with Crippen molar-refractivity contribution in [3.8, 4) is 5.75 Å². The van der Waals surface area contributed by atoms with Crippen molar-refractivity contribution in [1.29, 1.82) is 0 Å². The van der Waals surface area contributed by atoms with Crippen LogP contribution in [0.4, 0.5) is 0 Å². The molecule has 0 saturated heterocycles. The summed E-state index contributed by atoms with van der Waals surface area (Å²) in [7, 11) is 0. The van der Waals surface area contributed by atoms with Crippen molar-refractivity contribution in [1.82, 2.24) is 20.1 Å². The number of rotatable bonds is 9. The van der Waals surface area contributed by atoms with Gasteiger partial charge in [0.2, 0.25) is 0 Å². The van der Waals surface area contributed by atoms with Crippen LogP contribution in [0.3, 0.4) is 0 Å². The maximum absolute atomic E-state index is 6.00. The molecular weight excluding hydrogens is 360 g/mol. The van der Waals surface area contributed by atoms with Gasteiger partial charge in [-0.15, -0.1) is 0 Å². The highest BCUT2D eigenvalue weighted by Crippen LogP contribution is 2.19. The van der Waals surface area contributed by atoms with Crippen molar-refractivity contribution in [3.63, 3.8) is 0 Å². The Morgan fingerprint density at radius 2 is 1.66 bits per heavy atom. The monoisotopic (exact) mass is 384 g/mol. The first-order valence-electron chi connectivity index (χ1n) is 9.72. The van der Waals surface area contributed by atoms with E-state index in [0.717, 1.165) is 36.5 Å². The minimum Gasteiger partial charge on any atom is -0.489 e. The summed E-state index contributed by atoms with van der Waals surface area (Å²) < 4.78 is 7.93. The van der Waals surface area contributed by atoms with Crippen LogP contribution in [0, 0.1) is 0 Å². The summed E-state index contributed by atoms with van der Waals surface area (Å²) in [6.07, 6.45) is 7.38. The number of aromatic nitrogens is 3. The Morgan fingerprint density at radius 1 is 0.793 bits per heavy atom. The van der Waals surface area contributed by atoms with E-state index in [-0.39, 0.29) is 0 Å². The van der Waals surface area contributed by atoms with Gasteiger partial charge in [0.1, 0.15) is 12.4 Å². The largest absolute Gasteiger partial charge is 0.489 e. The summed E-state index contributed by atoms with van der Waals surface area (Å²) in [6.45, 7) is 2.86. The fraction of sp³-hybridized carbons (Fsp3) is 0.167. The summed E-state index contributed by atoms with van der Waals surface area (Å²) in [5.41, 5.74) is 4.70. The zero-order valence-electron chi connectivity index (χ0n) is 16.2. The Bertz CT molecular complexity index is 999. The lowest BCUT2D eigenvalue weighted by atomic mass is 10.1. The molecule has 0 atom stereocenters. The Kier molecular flexibility index (Phi) is 6.30.